The molecular formula is C42H40F2N6O4S2. The van der Waals surface area contributed by atoms with E-state index in [0.29, 0.717) is 55.4 Å². The molecule has 2 unspecified atom stereocenters. The number of carbonyl (C=O) groups is 1. The van der Waals surface area contributed by atoms with Gasteiger partial charge >= 0.3 is 0 Å². The summed E-state index contributed by atoms with van der Waals surface area (Å²) in [5, 5.41) is 12.1. The van der Waals surface area contributed by atoms with Gasteiger partial charge in [-0.15, -0.1) is 0 Å². The van der Waals surface area contributed by atoms with Gasteiger partial charge in [-0.25, -0.2) is 30.8 Å². The van der Waals surface area contributed by atoms with Crippen molar-refractivity contribution in [2.45, 2.75) is 55.4 Å². The van der Waals surface area contributed by atoms with Gasteiger partial charge < -0.3 is 9.53 Å². The first kappa shape index (κ1) is 37.6. The fourth-order valence-corrected chi connectivity index (χ4v) is 10.0. The minimum absolute atomic E-state index is 0.0760. The Morgan fingerprint density at radius 1 is 1.00 bits per heavy atom. The highest BCUT2D eigenvalue weighted by Crippen LogP contribution is 2.41. The van der Waals surface area contributed by atoms with Gasteiger partial charge in [0.25, 0.3) is 10.0 Å². The minimum Gasteiger partial charge on any atom is -0.454 e. The number of benzene rings is 4. The maximum atomic E-state index is 16.6. The summed E-state index contributed by atoms with van der Waals surface area (Å²) in [4.78, 5) is 16.2. The molecule has 2 aliphatic heterocycles. The molecule has 8 rings (SSSR count). The van der Waals surface area contributed by atoms with Crippen LogP contribution in [0.1, 0.15) is 48.7 Å². The van der Waals surface area contributed by atoms with Gasteiger partial charge in [0.15, 0.2) is 23.2 Å². The molecule has 0 aliphatic carbocycles. The number of carbonyl (C=O) groups excluding carboxylic acids is 1. The smallest absolute Gasteiger partial charge is 0.268 e. The fourth-order valence-electron chi connectivity index (χ4n) is 7.59. The first-order chi connectivity index (χ1) is 27.1. The van der Waals surface area contributed by atoms with Crippen molar-refractivity contribution in [3.05, 3.63) is 125 Å². The second kappa shape index (κ2) is 15.3. The number of halogens is 2. The Hall–Kier alpha value is -5.34. The Balaban J connectivity index is 1.25. The van der Waals surface area contributed by atoms with Gasteiger partial charge in [0.2, 0.25) is 0 Å². The highest BCUT2D eigenvalue weighted by molar-refractivity contribution is 7.99. The summed E-state index contributed by atoms with van der Waals surface area (Å²) < 4.78 is 68.9. The zero-order valence-electron chi connectivity index (χ0n) is 30.9. The predicted molar refractivity (Wildman–Crippen MR) is 214 cm³/mol. The zero-order valence-corrected chi connectivity index (χ0v) is 32.6. The Morgan fingerprint density at radius 2 is 1.84 bits per heavy atom. The summed E-state index contributed by atoms with van der Waals surface area (Å²) in [6.45, 7) is 2.73. The third-order valence-electron chi connectivity index (χ3n) is 10.7. The summed E-state index contributed by atoms with van der Waals surface area (Å²) in [7, 11) is -2.34. The van der Waals surface area contributed by atoms with Crippen molar-refractivity contribution in [3.63, 3.8) is 0 Å². The van der Waals surface area contributed by atoms with E-state index in [4.69, 9.17) is 14.8 Å². The number of nitrogens with zero attached hydrogens (tertiary/aromatic N) is 6. The van der Waals surface area contributed by atoms with E-state index in [1.54, 1.807) is 47.8 Å². The molecule has 0 fully saturated rings. The molecule has 14 heteroatoms. The van der Waals surface area contributed by atoms with Crippen LogP contribution in [0.4, 0.5) is 8.78 Å². The molecule has 0 spiro atoms. The summed E-state index contributed by atoms with van der Waals surface area (Å²) >= 11 is 1.78. The topological polar surface area (TPSA) is 112 Å². The summed E-state index contributed by atoms with van der Waals surface area (Å²) in [5.74, 6) is 1.10. The third-order valence-corrected chi connectivity index (χ3v) is 13.4. The highest BCUT2D eigenvalue weighted by Gasteiger charge is 2.35. The number of hydrogen-bond donors (Lipinski definition) is 0. The fraction of sp³-hybridized carbons (Fsp3) is 0.286. The molecule has 2 atom stereocenters. The molecule has 0 amide bonds. The van der Waals surface area contributed by atoms with Crippen LogP contribution < -0.4 is 4.74 Å². The molecule has 288 valence electrons. The molecule has 4 aromatic carbocycles. The van der Waals surface area contributed by atoms with Crippen LogP contribution in [-0.4, -0.2) is 68.8 Å². The SMILES string of the molecule is Cn1nc2nc1-c1cc(ccc1F)Oc1c(F)cc3c(ccn3S(=O)(=O)c3ccccc3)c1CC1CC=NN1CCSCCC2(C)c1cccc(CCC=O)c1. The number of hydrazone groups is 1. The largest absolute Gasteiger partial charge is 0.454 e. The Kier molecular flexibility index (Phi) is 10.3. The molecule has 0 saturated carbocycles. The van der Waals surface area contributed by atoms with Crippen molar-refractivity contribution < 1.29 is 26.7 Å². The number of ether oxygens (including phenoxy) is 1. The van der Waals surface area contributed by atoms with E-state index >= 15 is 8.78 Å². The minimum atomic E-state index is -4.05. The van der Waals surface area contributed by atoms with Crippen LogP contribution in [-0.2, 0) is 40.1 Å². The van der Waals surface area contributed by atoms with Gasteiger partial charge in [-0.05, 0) is 79.5 Å². The van der Waals surface area contributed by atoms with E-state index in [2.05, 4.69) is 18.1 Å². The van der Waals surface area contributed by atoms with Crippen LogP contribution in [0.2, 0.25) is 0 Å². The molecule has 56 heavy (non-hydrogen) atoms. The lowest BCUT2D eigenvalue weighted by Gasteiger charge is -2.28. The lowest BCUT2D eigenvalue weighted by atomic mass is 9.78. The quantitative estimate of drug-likeness (QED) is 0.157. The maximum absolute atomic E-state index is 16.6. The lowest BCUT2D eigenvalue weighted by Crippen LogP contribution is -2.31. The summed E-state index contributed by atoms with van der Waals surface area (Å²) in [5.41, 5.74) is 2.17. The molecule has 2 aromatic heterocycles. The molecule has 0 saturated heterocycles. The number of thioether (sulfide) groups is 1. The predicted octanol–water partition coefficient (Wildman–Crippen LogP) is 7.92. The van der Waals surface area contributed by atoms with Crippen LogP contribution in [0.15, 0.2) is 101 Å². The summed E-state index contributed by atoms with van der Waals surface area (Å²) in [6.07, 6.45) is 6.84. The Labute approximate surface area is 328 Å². The lowest BCUT2D eigenvalue weighted by molar-refractivity contribution is -0.107. The molecule has 4 heterocycles. The van der Waals surface area contributed by atoms with E-state index in [1.807, 2.05) is 29.4 Å². The van der Waals surface area contributed by atoms with Gasteiger partial charge in [0.05, 0.1) is 27.4 Å². The van der Waals surface area contributed by atoms with E-state index in [9.17, 15) is 13.2 Å². The average molecular weight is 795 g/mol. The van der Waals surface area contributed by atoms with Crippen LogP contribution >= 0.6 is 11.8 Å². The van der Waals surface area contributed by atoms with Crippen LogP contribution in [0.3, 0.4) is 0 Å². The molecule has 4 bridgehead atoms. The van der Waals surface area contributed by atoms with Gasteiger partial charge in [-0.1, -0.05) is 42.5 Å². The second-order valence-corrected chi connectivity index (χ2v) is 17.3. The second-order valence-electron chi connectivity index (χ2n) is 14.3. The molecule has 0 N–H and O–H groups in total. The molecule has 0 radical (unpaired) electrons. The molecular weight excluding hydrogens is 755 g/mol. The number of aryl methyl sites for hydroxylation is 2. The zero-order chi connectivity index (χ0) is 39.0. The van der Waals surface area contributed by atoms with E-state index in [0.717, 1.165) is 32.9 Å². The third kappa shape index (κ3) is 7.00. The normalized spacial score (nSPS) is 18.9. The van der Waals surface area contributed by atoms with Crippen molar-refractivity contribution >= 4 is 45.2 Å². The number of aldehydes is 1. The Morgan fingerprint density at radius 3 is 2.66 bits per heavy atom. The van der Waals surface area contributed by atoms with Crippen molar-refractivity contribution in [2.24, 2.45) is 12.1 Å². The standard InChI is InChI=1S/C42H40F2N6O4S2/c1-42(29-10-6-8-28(24-29)9-7-21-51)17-22-55-23-20-49-30(15-18-45-49)25-34-33-16-19-50(56(52,53)32-11-4-3-5-12-32)38(33)27-37(44)39(34)54-31-13-14-36(43)35(26-31)40-46-41(42)47-48(40)2/h3-6,8,10-14,16,18-19,21,24,26-27,30H,7,9,15,17,20,22-23,25H2,1-2H3. The van der Waals surface area contributed by atoms with Gasteiger partial charge in [-0.3, -0.25) is 5.01 Å². The van der Waals surface area contributed by atoms with E-state index in [1.165, 1.54) is 42.6 Å². The Bertz CT molecular complexity index is 2580. The van der Waals surface area contributed by atoms with Crippen molar-refractivity contribution in [3.8, 4) is 22.9 Å². The average Bonchev–Trinajstić information content (AvgIpc) is 3.94. The molecule has 10 nitrogen and oxygen atoms in total. The number of rotatable bonds is 6. The first-order valence-corrected chi connectivity index (χ1v) is 21.1. The van der Waals surface area contributed by atoms with E-state index in [-0.39, 0.29) is 39.3 Å². The van der Waals surface area contributed by atoms with Crippen molar-refractivity contribution in [2.75, 3.05) is 18.1 Å². The molecule has 6 aromatic rings. The van der Waals surface area contributed by atoms with Gasteiger partial charge in [0, 0.05) is 61.6 Å². The number of hydrogen-bond acceptors (Lipinski definition) is 9. The van der Waals surface area contributed by atoms with Gasteiger partial charge in [0.1, 0.15) is 17.9 Å². The van der Waals surface area contributed by atoms with Crippen molar-refractivity contribution in [1.29, 1.82) is 0 Å². The highest BCUT2D eigenvalue weighted by atomic mass is 32.2. The molecule has 2 aliphatic rings. The number of fused-ring (bicyclic) bond motifs is 9. The van der Waals surface area contributed by atoms with Crippen LogP contribution in [0.5, 0.6) is 11.5 Å². The van der Waals surface area contributed by atoms with E-state index < -0.39 is 27.1 Å². The van der Waals surface area contributed by atoms with Crippen LogP contribution in [0, 0.1) is 11.6 Å². The number of aromatic nitrogens is 4. The maximum Gasteiger partial charge on any atom is 0.268 e. The summed E-state index contributed by atoms with van der Waals surface area (Å²) in [6, 6.07) is 23.0. The van der Waals surface area contributed by atoms with Crippen LogP contribution in [0.25, 0.3) is 22.3 Å². The monoisotopic (exact) mass is 794 g/mol. The van der Waals surface area contributed by atoms with Crippen molar-refractivity contribution in [1.82, 2.24) is 23.7 Å². The van der Waals surface area contributed by atoms with Gasteiger partial charge in [-0.2, -0.15) is 22.0 Å². The first-order valence-electron chi connectivity index (χ1n) is 18.5.